The molecule has 1 atom stereocenters. The molecule has 0 aliphatic carbocycles. The largest absolute Gasteiger partial charge is 0.393 e. The van der Waals surface area contributed by atoms with Gasteiger partial charge in [-0.25, -0.2) is 0 Å². The summed E-state index contributed by atoms with van der Waals surface area (Å²) < 4.78 is 5.86. The lowest BCUT2D eigenvalue weighted by atomic mass is 9.84. The van der Waals surface area contributed by atoms with Gasteiger partial charge in [-0.05, 0) is 19.3 Å². The van der Waals surface area contributed by atoms with Gasteiger partial charge in [-0.2, -0.15) is 0 Å². The second kappa shape index (κ2) is 4.97. The van der Waals surface area contributed by atoms with Crippen LogP contribution in [0.15, 0.2) is 0 Å². The van der Waals surface area contributed by atoms with Crippen molar-refractivity contribution in [1.29, 1.82) is 0 Å². The molecule has 0 spiro atoms. The van der Waals surface area contributed by atoms with Crippen molar-refractivity contribution in [2.45, 2.75) is 64.1 Å². The van der Waals surface area contributed by atoms with Crippen LogP contribution in [0.25, 0.3) is 0 Å². The van der Waals surface area contributed by atoms with Gasteiger partial charge in [-0.3, -0.25) is 0 Å². The zero-order valence-electron chi connectivity index (χ0n) is 8.88. The van der Waals surface area contributed by atoms with E-state index in [4.69, 9.17) is 4.74 Å². The first-order valence-corrected chi connectivity index (χ1v) is 5.54. The summed E-state index contributed by atoms with van der Waals surface area (Å²) in [5, 5.41) is 9.62. The Morgan fingerprint density at radius 1 is 1.31 bits per heavy atom. The molecule has 2 nitrogen and oxygen atoms in total. The van der Waals surface area contributed by atoms with Gasteiger partial charge in [-0.1, -0.05) is 26.7 Å². The van der Waals surface area contributed by atoms with E-state index < -0.39 is 0 Å². The smallest absolute Gasteiger partial charge is 0.0707 e. The zero-order valence-corrected chi connectivity index (χ0v) is 8.88. The second-order valence-corrected chi connectivity index (χ2v) is 4.18. The molecule has 0 aromatic heterocycles. The summed E-state index contributed by atoms with van der Waals surface area (Å²) in [5.41, 5.74) is 0.00116. The summed E-state index contributed by atoms with van der Waals surface area (Å²) in [6.45, 7) is 5.10. The number of aliphatic hydroxyl groups excluding tert-OH is 1. The Labute approximate surface area is 81.3 Å². The Balaban J connectivity index is 2.53. The number of ether oxygens (including phenoxy) is 1. The first kappa shape index (κ1) is 11.0. The summed E-state index contributed by atoms with van der Waals surface area (Å²) in [6, 6.07) is 0. The first-order valence-electron chi connectivity index (χ1n) is 5.54. The van der Waals surface area contributed by atoms with Gasteiger partial charge in [0.1, 0.15) is 0 Å². The van der Waals surface area contributed by atoms with E-state index in [1.807, 2.05) is 0 Å². The van der Waals surface area contributed by atoms with E-state index in [1.165, 1.54) is 0 Å². The van der Waals surface area contributed by atoms with Crippen LogP contribution >= 0.6 is 0 Å². The maximum atomic E-state index is 9.62. The molecule has 1 aliphatic heterocycles. The summed E-state index contributed by atoms with van der Waals surface area (Å²) in [6.07, 6.45) is 6.01. The van der Waals surface area contributed by atoms with E-state index in [1.54, 1.807) is 0 Å². The van der Waals surface area contributed by atoms with Gasteiger partial charge in [0, 0.05) is 13.0 Å². The van der Waals surface area contributed by atoms with Crippen molar-refractivity contribution in [3.63, 3.8) is 0 Å². The number of hydrogen-bond donors (Lipinski definition) is 1. The summed E-state index contributed by atoms with van der Waals surface area (Å²) in [5.74, 6) is 0. The minimum absolute atomic E-state index is 0.00116. The van der Waals surface area contributed by atoms with Gasteiger partial charge < -0.3 is 9.84 Å². The molecule has 1 heterocycles. The molecule has 0 saturated carbocycles. The monoisotopic (exact) mass is 186 g/mol. The SMILES string of the molecule is CCCC1(CCC)CC(O)CCO1. The molecule has 1 unspecified atom stereocenters. The van der Waals surface area contributed by atoms with Crippen LogP contribution in [0.5, 0.6) is 0 Å². The van der Waals surface area contributed by atoms with E-state index in [0.717, 1.165) is 45.1 Å². The van der Waals surface area contributed by atoms with E-state index in [0.29, 0.717) is 0 Å². The third kappa shape index (κ3) is 2.96. The third-order valence-electron chi connectivity index (χ3n) is 2.88. The van der Waals surface area contributed by atoms with Gasteiger partial charge in [0.2, 0.25) is 0 Å². The highest BCUT2D eigenvalue weighted by Gasteiger charge is 2.35. The maximum Gasteiger partial charge on any atom is 0.0707 e. The molecule has 78 valence electrons. The van der Waals surface area contributed by atoms with Crippen molar-refractivity contribution < 1.29 is 9.84 Å². The molecule has 0 aromatic carbocycles. The van der Waals surface area contributed by atoms with E-state index in [2.05, 4.69) is 13.8 Å². The third-order valence-corrected chi connectivity index (χ3v) is 2.88. The molecule has 1 fully saturated rings. The molecule has 1 rings (SSSR count). The fraction of sp³-hybridized carbons (Fsp3) is 1.00. The van der Waals surface area contributed by atoms with Gasteiger partial charge in [0.15, 0.2) is 0 Å². The fourth-order valence-corrected chi connectivity index (χ4v) is 2.39. The highest BCUT2D eigenvalue weighted by Crippen LogP contribution is 2.33. The lowest BCUT2D eigenvalue weighted by molar-refractivity contribution is -0.126. The zero-order chi connectivity index (χ0) is 9.73. The molecule has 1 saturated heterocycles. The van der Waals surface area contributed by atoms with Crippen molar-refractivity contribution in [1.82, 2.24) is 0 Å². The van der Waals surface area contributed by atoms with Crippen molar-refractivity contribution in [2.75, 3.05) is 6.61 Å². The number of hydrogen-bond acceptors (Lipinski definition) is 2. The number of rotatable bonds is 4. The molecule has 2 heteroatoms. The second-order valence-electron chi connectivity index (χ2n) is 4.18. The predicted molar refractivity (Wildman–Crippen MR) is 53.7 cm³/mol. The van der Waals surface area contributed by atoms with Crippen molar-refractivity contribution in [2.24, 2.45) is 0 Å². The summed E-state index contributed by atoms with van der Waals surface area (Å²) in [7, 11) is 0. The minimum atomic E-state index is -0.133. The lowest BCUT2D eigenvalue weighted by Gasteiger charge is -2.39. The van der Waals surface area contributed by atoms with Gasteiger partial charge in [0.05, 0.1) is 11.7 Å². The van der Waals surface area contributed by atoms with Crippen LogP contribution in [0.2, 0.25) is 0 Å². The Bertz CT molecular complexity index is 134. The highest BCUT2D eigenvalue weighted by atomic mass is 16.5. The van der Waals surface area contributed by atoms with E-state index in [-0.39, 0.29) is 11.7 Å². The van der Waals surface area contributed by atoms with Gasteiger partial charge in [-0.15, -0.1) is 0 Å². The molecule has 0 aromatic rings. The standard InChI is InChI=1S/C11H22O2/c1-3-6-11(7-4-2)9-10(12)5-8-13-11/h10,12H,3-9H2,1-2H3. The molecule has 1 N–H and O–H groups in total. The van der Waals surface area contributed by atoms with Gasteiger partial charge in [0.25, 0.3) is 0 Å². The normalized spacial score (nSPS) is 27.5. The molecule has 0 amide bonds. The van der Waals surface area contributed by atoms with E-state index in [9.17, 15) is 5.11 Å². The Kier molecular flexibility index (Phi) is 4.20. The molecular weight excluding hydrogens is 164 g/mol. The van der Waals surface area contributed by atoms with Crippen molar-refractivity contribution in [3.05, 3.63) is 0 Å². The van der Waals surface area contributed by atoms with E-state index >= 15 is 0 Å². The Morgan fingerprint density at radius 3 is 2.38 bits per heavy atom. The highest BCUT2D eigenvalue weighted by molar-refractivity contribution is 4.86. The lowest BCUT2D eigenvalue weighted by Crippen LogP contribution is -2.41. The van der Waals surface area contributed by atoms with Crippen LogP contribution in [0.1, 0.15) is 52.4 Å². The van der Waals surface area contributed by atoms with Crippen LogP contribution in [-0.2, 0) is 4.74 Å². The summed E-state index contributed by atoms with van der Waals surface area (Å²) in [4.78, 5) is 0. The fourth-order valence-electron chi connectivity index (χ4n) is 2.39. The molecule has 0 bridgehead atoms. The average molecular weight is 186 g/mol. The minimum Gasteiger partial charge on any atom is -0.393 e. The van der Waals surface area contributed by atoms with Crippen molar-refractivity contribution in [3.8, 4) is 0 Å². The van der Waals surface area contributed by atoms with Crippen LogP contribution in [-0.4, -0.2) is 23.4 Å². The van der Waals surface area contributed by atoms with Crippen LogP contribution in [0, 0.1) is 0 Å². The molecule has 1 aliphatic rings. The van der Waals surface area contributed by atoms with Crippen LogP contribution in [0.4, 0.5) is 0 Å². The maximum absolute atomic E-state index is 9.62. The Morgan fingerprint density at radius 2 is 1.92 bits per heavy atom. The topological polar surface area (TPSA) is 29.5 Å². The summed E-state index contributed by atoms with van der Waals surface area (Å²) >= 11 is 0. The van der Waals surface area contributed by atoms with Gasteiger partial charge >= 0.3 is 0 Å². The van der Waals surface area contributed by atoms with Crippen LogP contribution in [0.3, 0.4) is 0 Å². The molecular formula is C11H22O2. The van der Waals surface area contributed by atoms with Crippen molar-refractivity contribution >= 4 is 0 Å². The number of aliphatic hydroxyl groups is 1. The first-order chi connectivity index (χ1) is 6.22. The predicted octanol–water partition coefficient (Wildman–Crippen LogP) is 2.50. The Hall–Kier alpha value is -0.0800. The average Bonchev–Trinajstić information content (AvgIpc) is 2.04. The van der Waals surface area contributed by atoms with Crippen LogP contribution < -0.4 is 0 Å². The molecule has 0 radical (unpaired) electrons. The quantitative estimate of drug-likeness (QED) is 0.731. The molecule has 13 heavy (non-hydrogen) atoms.